The summed E-state index contributed by atoms with van der Waals surface area (Å²) in [6, 6.07) is 2.02. The Bertz CT molecular complexity index is 299. The number of hydrogen-bond donors (Lipinski definition) is 0. The Morgan fingerprint density at radius 1 is 1.21 bits per heavy atom. The lowest BCUT2D eigenvalue weighted by Crippen LogP contribution is -2.30. The molecule has 1 aliphatic heterocycles. The van der Waals surface area contributed by atoms with Gasteiger partial charge in [0.1, 0.15) is 0 Å². The third-order valence-corrected chi connectivity index (χ3v) is 4.36. The predicted octanol–water partition coefficient (Wildman–Crippen LogP) is 1.11. The maximum atomic E-state index is 11.6. The summed E-state index contributed by atoms with van der Waals surface area (Å²) in [5.74, 6) is 0.203. The van der Waals surface area contributed by atoms with E-state index in [0.29, 0.717) is 32.4 Å². The number of hydrogen-bond acceptors (Lipinski definition) is 3. The molecule has 4 nitrogen and oxygen atoms in total. The average Bonchev–Trinajstić information content (AvgIpc) is 2.65. The second-order valence-electron chi connectivity index (χ2n) is 3.54. The lowest BCUT2D eigenvalue weighted by Gasteiger charge is -2.14. The molecule has 0 spiro atoms. The van der Waals surface area contributed by atoms with Crippen molar-refractivity contribution in [3.8, 4) is 6.07 Å². The van der Waals surface area contributed by atoms with E-state index >= 15 is 0 Å². The quantitative estimate of drug-likeness (QED) is 0.647. The summed E-state index contributed by atoms with van der Waals surface area (Å²) in [6.07, 6.45) is 3.71. The fraction of sp³-hybridized carbons (Fsp3) is 0.889. The minimum absolute atomic E-state index is 0.203. The highest BCUT2D eigenvalue weighted by Crippen LogP contribution is 2.14. The Balaban J connectivity index is 2.31. The van der Waals surface area contributed by atoms with Gasteiger partial charge in [0.25, 0.3) is 0 Å². The summed E-state index contributed by atoms with van der Waals surface area (Å²) in [6.45, 7) is 1.36. The summed E-state index contributed by atoms with van der Waals surface area (Å²) in [5.41, 5.74) is 0. The van der Waals surface area contributed by atoms with Crippen molar-refractivity contribution >= 4 is 10.0 Å². The molecule has 0 aromatic carbocycles. The van der Waals surface area contributed by atoms with Gasteiger partial charge in [0.05, 0.1) is 11.8 Å². The van der Waals surface area contributed by atoms with Gasteiger partial charge in [0, 0.05) is 19.5 Å². The van der Waals surface area contributed by atoms with Crippen molar-refractivity contribution in [3.63, 3.8) is 0 Å². The molecule has 80 valence electrons. The van der Waals surface area contributed by atoms with Crippen LogP contribution >= 0.6 is 0 Å². The van der Waals surface area contributed by atoms with Gasteiger partial charge in [-0.15, -0.1) is 0 Å². The molecule has 0 atom stereocenters. The second kappa shape index (κ2) is 5.32. The molecule has 0 saturated carbocycles. The molecule has 0 bridgehead atoms. The molecule has 0 radical (unpaired) electrons. The third-order valence-electron chi connectivity index (χ3n) is 2.40. The van der Waals surface area contributed by atoms with Crippen LogP contribution in [0.25, 0.3) is 0 Å². The van der Waals surface area contributed by atoms with Crippen molar-refractivity contribution in [1.82, 2.24) is 4.31 Å². The molecular formula is C9H16N2O2S. The van der Waals surface area contributed by atoms with E-state index < -0.39 is 10.0 Å². The monoisotopic (exact) mass is 216 g/mol. The molecule has 0 unspecified atom stereocenters. The van der Waals surface area contributed by atoms with Gasteiger partial charge in [-0.05, 0) is 25.7 Å². The van der Waals surface area contributed by atoms with E-state index in [0.717, 1.165) is 12.8 Å². The zero-order valence-electron chi connectivity index (χ0n) is 8.28. The molecule has 1 aliphatic rings. The fourth-order valence-corrected chi connectivity index (χ4v) is 3.23. The highest BCUT2D eigenvalue weighted by Gasteiger charge is 2.24. The van der Waals surface area contributed by atoms with Gasteiger partial charge < -0.3 is 0 Å². The van der Waals surface area contributed by atoms with Crippen LogP contribution in [0.5, 0.6) is 0 Å². The molecule has 1 heterocycles. The largest absolute Gasteiger partial charge is 0.214 e. The summed E-state index contributed by atoms with van der Waals surface area (Å²) in [5, 5.41) is 8.30. The molecule has 1 rings (SSSR count). The zero-order valence-corrected chi connectivity index (χ0v) is 9.09. The standard InChI is InChI=1S/C9H16N2O2S/c10-6-2-1-5-9-14(12,13)11-7-3-4-8-11/h1-5,7-9H2. The van der Waals surface area contributed by atoms with Crippen molar-refractivity contribution in [2.24, 2.45) is 0 Å². The van der Waals surface area contributed by atoms with Gasteiger partial charge in [-0.3, -0.25) is 0 Å². The molecular weight excluding hydrogens is 200 g/mol. The molecule has 1 fully saturated rings. The predicted molar refractivity (Wildman–Crippen MR) is 54.1 cm³/mol. The van der Waals surface area contributed by atoms with E-state index in [9.17, 15) is 8.42 Å². The van der Waals surface area contributed by atoms with Crippen LogP contribution in [0.2, 0.25) is 0 Å². The SMILES string of the molecule is N#CCCCCS(=O)(=O)N1CCCC1. The van der Waals surface area contributed by atoms with E-state index in [1.165, 1.54) is 0 Å². The van der Waals surface area contributed by atoms with Crippen molar-refractivity contribution in [2.45, 2.75) is 32.1 Å². The van der Waals surface area contributed by atoms with E-state index in [1.807, 2.05) is 6.07 Å². The van der Waals surface area contributed by atoms with Gasteiger partial charge in [-0.1, -0.05) is 0 Å². The highest BCUT2D eigenvalue weighted by atomic mass is 32.2. The smallest absolute Gasteiger partial charge is 0.212 e. The molecule has 1 saturated heterocycles. The minimum Gasteiger partial charge on any atom is -0.212 e. The lowest BCUT2D eigenvalue weighted by atomic mass is 10.3. The van der Waals surface area contributed by atoms with E-state index in [-0.39, 0.29) is 5.75 Å². The van der Waals surface area contributed by atoms with Gasteiger partial charge in [-0.25, -0.2) is 12.7 Å². The van der Waals surface area contributed by atoms with E-state index in [1.54, 1.807) is 4.31 Å². The first-order chi connectivity index (χ1) is 6.67. The number of rotatable bonds is 5. The molecule has 0 N–H and O–H groups in total. The fourth-order valence-electron chi connectivity index (χ4n) is 1.58. The first-order valence-electron chi connectivity index (χ1n) is 5.01. The van der Waals surface area contributed by atoms with Crippen LogP contribution in [0.1, 0.15) is 32.1 Å². The number of unbranched alkanes of at least 4 members (excludes halogenated alkanes) is 2. The molecule has 0 aromatic rings. The van der Waals surface area contributed by atoms with Crippen LogP contribution in [-0.2, 0) is 10.0 Å². The highest BCUT2D eigenvalue weighted by molar-refractivity contribution is 7.89. The second-order valence-corrected chi connectivity index (χ2v) is 5.63. The molecule has 5 heteroatoms. The minimum atomic E-state index is -3.02. The molecule has 14 heavy (non-hydrogen) atoms. The summed E-state index contributed by atoms with van der Waals surface area (Å²) in [7, 11) is -3.02. The Hall–Kier alpha value is -0.600. The summed E-state index contributed by atoms with van der Waals surface area (Å²) < 4.78 is 24.8. The lowest BCUT2D eigenvalue weighted by molar-refractivity contribution is 0.475. The maximum absolute atomic E-state index is 11.6. The van der Waals surface area contributed by atoms with Crippen molar-refractivity contribution in [3.05, 3.63) is 0 Å². The number of sulfonamides is 1. The van der Waals surface area contributed by atoms with E-state index in [2.05, 4.69) is 0 Å². The first kappa shape index (κ1) is 11.5. The maximum Gasteiger partial charge on any atom is 0.214 e. The molecule has 0 aromatic heterocycles. The Kier molecular flexibility index (Phi) is 4.36. The summed E-state index contributed by atoms with van der Waals surface area (Å²) in [4.78, 5) is 0. The van der Waals surface area contributed by atoms with Crippen LogP contribution < -0.4 is 0 Å². The van der Waals surface area contributed by atoms with Crippen molar-refractivity contribution < 1.29 is 8.42 Å². The topological polar surface area (TPSA) is 61.2 Å². The van der Waals surface area contributed by atoms with Crippen molar-refractivity contribution in [1.29, 1.82) is 5.26 Å². The Labute approximate surface area is 85.6 Å². The van der Waals surface area contributed by atoms with E-state index in [4.69, 9.17) is 5.26 Å². The summed E-state index contributed by atoms with van der Waals surface area (Å²) >= 11 is 0. The van der Waals surface area contributed by atoms with Crippen molar-refractivity contribution in [2.75, 3.05) is 18.8 Å². The van der Waals surface area contributed by atoms with Crippen LogP contribution in [0.4, 0.5) is 0 Å². The third kappa shape index (κ3) is 3.28. The normalized spacial score (nSPS) is 18.2. The molecule has 0 amide bonds. The number of nitrogens with zero attached hydrogens (tertiary/aromatic N) is 2. The van der Waals surface area contributed by atoms with Gasteiger partial charge in [-0.2, -0.15) is 5.26 Å². The van der Waals surface area contributed by atoms with Crippen LogP contribution in [0.3, 0.4) is 0 Å². The van der Waals surface area contributed by atoms with Gasteiger partial charge >= 0.3 is 0 Å². The average molecular weight is 216 g/mol. The Morgan fingerprint density at radius 2 is 1.86 bits per heavy atom. The zero-order chi connectivity index (χ0) is 10.4. The van der Waals surface area contributed by atoms with Gasteiger partial charge in [0.2, 0.25) is 10.0 Å². The van der Waals surface area contributed by atoms with Gasteiger partial charge in [0.15, 0.2) is 0 Å². The first-order valence-corrected chi connectivity index (χ1v) is 6.62. The molecule has 0 aliphatic carbocycles. The van der Waals surface area contributed by atoms with Crippen LogP contribution in [0.15, 0.2) is 0 Å². The van der Waals surface area contributed by atoms with Crippen LogP contribution in [0, 0.1) is 11.3 Å². The number of nitriles is 1. The van der Waals surface area contributed by atoms with Crippen LogP contribution in [-0.4, -0.2) is 31.6 Å². The Morgan fingerprint density at radius 3 is 2.43 bits per heavy atom.